The summed E-state index contributed by atoms with van der Waals surface area (Å²) in [7, 11) is -0.0293. The average Bonchev–Trinajstić information content (AvgIpc) is 3.20. The molecule has 6 nitrogen and oxygen atoms in total. The number of carbonyl (C=O) groups is 2. The predicted molar refractivity (Wildman–Crippen MR) is 222 cm³/mol. The van der Waals surface area contributed by atoms with Crippen molar-refractivity contribution in [2.24, 2.45) is 0 Å². The third-order valence-electron chi connectivity index (χ3n) is 8.07. The van der Waals surface area contributed by atoms with Crippen LogP contribution in [0.2, 0.25) is 0 Å². The molecule has 0 aromatic heterocycles. The Bertz CT molecular complexity index is 1810. The van der Waals surface area contributed by atoms with E-state index in [9.17, 15) is 46.1 Å². The molecule has 0 fully saturated rings. The Morgan fingerprint density at radius 2 is 0.571 bits per heavy atom. The Hall–Kier alpha value is -4.25. The summed E-state index contributed by atoms with van der Waals surface area (Å²) in [5.74, 6) is -3.88. The van der Waals surface area contributed by atoms with Crippen LogP contribution in [-0.2, 0) is 31.4 Å². The van der Waals surface area contributed by atoms with E-state index in [2.05, 4.69) is 182 Å². The summed E-state index contributed by atoms with van der Waals surface area (Å²) < 4.78 is 69.9. The molecule has 0 bridgehead atoms. The molecule has 0 radical (unpaired) electrons. The van der Waals surface area contributed by atoms with Crippen LogP contribution in [-0.4, -0.2) is 45.7 Å². The summed E-state index contributed by atoms with van der Waals surface area (Å²) in [5, 5.41) is 36.3. The van der Waals surface area contributed by atoms with Crippen LogP contribution in [0.15, 0.2) is 211 Å². The molecule has 0 spiro atoms. The first kappa shape index (κ1) is 58.8. The van der Waals surface area contributed by atoms with Crippen molar-refractivity contribution in [3.63, 3.8) is 0 Å². The molecule has 6 rings (SSSR count). The molecule has 6 aromatic carbocycles. The molecule has 0 heterocycles. The van der Waals surface area contributed by atoms with Crippen LogP contribution in [0.5, 0.6) is 0 Å². The van der Waals surface area contributed by atoms with Crippen molar-refractivity contribution in [1.29, 1.82) is 0 Å². The minimum atomic E-state index is -4.94. The number of carbonyl (C=O) groups excluding carboxylic acids is 2. The van der Waals surface area contributed by atoms with Crippen LogP contribution in [0, 0.1) is 7.43 Å². The van der Waals surface area contributed by atoms with E-state index >= 15 is 0 Å². The van der Waals surface area contributed by atoms with Crippen molar-refractivity contribution >= 4 is 33.7 Å². The van der Waals surface area contributed by atoms with Crippen molar-refractivity contribution in [2.75, 3.05) is 0 Å². The molecule has 2 N–H and O–H groups in total. The van der Waals surface area contributed by atoms with Gasteiger partial charge in [0.25, 0.3) is 0 Å². The fourth-order valence-corrected chi connectivity index (χ4v) is 9.13. The number of benzene rings is 6. The van der Waals surface area contributed by atoms with E-state index in [0.29, 0.717) is 13.8 Å². The molecule has 0 aliphatic rings. The molecule has 0 aliphatic heterocycles. The number of hydrogen-bond donors (Lipinski definition) is 2. The van der Waals surface area contributed by atoms with Gasteiger partial charge >= 0.3 is 41.9 Å². The number of carboxylic acids is 2. The van der Waals surface area contributed by atoms with Crippen LogP contribution in [0.1, 0.15) is 26.7 Å². The van der Waals surface area contributed by atoms with Gasteiger partial charge in [-0.2, -0.15) is 26.3 Å². The van der Waals surface area contributed by atoms with Crippen LogP contribution >= 0.6 is 0 Å². The average molecular weight is 942 g/mol. The normalized spacial score (nSPS) is 12.5. The summed E-state index contributed by atoms with van der Waals surface area (Å²) in [5.41, 5.74) is -6.41. The number of rotatable bonds is 10. The van der Waals surface area contributed by atoms with E-state index in [1.165, 1.54) is 29.4 Å². The van der Waals surface area contributed by atoms with E-state index in [-0.39, 0.29) is 71.2 Å². The van der Waals surface area contributed by atoms with Gasteiger partial charge in [-0.05, 0) is 86.6 Å². The maximum Gasteiger partial charge on any atom is 1.00 e. The molecule has 6 aromatic rings. The zero-order chi connectivity index (χ0) is 44.4. The SMILES string of the molecule is CC(O)(CC(=O)[O-])C(F)(F)F.CC(O)(CC(=O)[O-])C(F)(F)F.[CH3-].[Cl-].[Na+].c1ccc([S+](c2ccccc2)c2ccccc2)cc1.c1ccc([S+](c2ccccc2)c2ccccc2)cc1. The molecule has 2 atom stereocenters. The summed E-state index contributed by atoms with van der Waals surface area (Å²) in [6, 6.07) is 64.3. The fraction of sp³-hybridized carbons (Fsp3) is 0.170. The number of carboxylic acid groups (broad SMARTS) is 2. The van der Waals surface area contributed by atoms with Gasteiger partial charge < -0.3 is 49.8 Å². The second-order valence-corrected chi connectivity index (χ2v) is 17.2. The summed E-state index contributed by atoms with van der Waals surface area (Å²) >= 11 is 0. The minimum absolute atomic E-state index is 0. The van der Waals surface area contributed by atoms with Gasteiger partial charge in [-0.3, -0.25) is 0 Å². The Balaban J connectivity index is 0.000000830. The van der Waals surface area contributed by atoms with Gasteiger partial charge in [0.05, 0.1) is 21.8 Å². The van der Waals surface area contributed by atoms with Crippen molar-refractivity contribution < 1.29 is 98.3 Å². The molecule has 0 saturated heterocycles. The molecule has 0 aliphatic carbocycles. The number of aliphatic hydroxyl groups is 2. The van der Waals surface area contributed by atoms with Crippen molar-refractivity contribution in [3.05, 3.63) is 189 Å². The third-order valence-corrected chi connectivity index (χ3v) is 12.5. The van der Waals surface area contributed by atoms with Crippen molar-refractivity contribution in [3.8, 4) is 0 Å². The molecular formula is C47H45ClF6NaO6S2-. The summed E-state index contributed by atoms with van der Waals surface area (Å²) in [6.45, 7) is 0.756. The van der Waals surface area contributed by atoms with Gasteiger partial charge in [0.15, 0.2) is 40.6 Å². The second kappa shape index (κ2) is 27.8. The first-order valence-electron chi connectivity index (χ1n) is 18.0. The largest absolute Gasteiger partial charge is 1.00 e. The molecule has 2 unspecified atom stereocenters. The summed E-state index contributed by atoms with van der Waals surface area (Å²) in [4.78, 5) is 27.5. The fourth-order valence-electron chi connectivity index (χ4n) is 4.92. The summed E-state index contributed by atoms with van der Waals surface area (Å²) in [6.07, 6.45) is -12.8. The number of aliphatic carboxylic acids is 2. The zero-order valence-electron chi connectivity index (χ0n) is 34.7. The zero-order valence-corrected chi connectivity index (χ0v) is 39.1. The van der Waals surface area contributed by atoms with Gasteiger partial charge in [0.2, 0.25) is 0 Å². The van der Waals surface area contributed by atoms with Gasteiger partial charge in [0.1, 0.15) is 0 Å². The standard InChI is InChI=1S/2C18H15S.2C5H7F3O3.CH3.ClH.Na/c2*1-4-10-16(11-5-1)19(17-12-6-2-7-13-17)18-14-8-3-9-15-18;2*1-4(11,2-3(9)10)5(6,7)8;;;/h2*1-15H;2*11H,2H2,1H3,(H,9,10);1H3;1H;/q2*+1;;;-1;;+1/p-3. The molecule has 16 heteroatoms. The third kappa shape index (κ3) is 19.6. The topological polar surface area (TPSA) is 121 Å². The van der Waals surface area contributed by atoms with Gasteiger partial charge in [-0.1, -0.05) is 109 Å². The molecular weight excluding hydrogens is 897 g/mol. The van der Waals surface area contributed by atoms with E-state index in [4.69, 9.17) is 10.2 Å². The van der Waals surface area contributed by atoms with E-state index in [1.54, 1.807) is 0 Å². The number of hydrogen-bond acceptors (Lipinski definition) is 6. The maximum atomic E-state index is 11.7. The van der Waals surface area contributed by atoms with Gasteiger partial charge in [0, 0.05) is 24.8 Å². The molecule has 63 heavy (non-hydrogen) atoms. The first-order chi connectivity index (χ1) is 28.2. The van der Waals surface area contributed by atoms with Crippen LogP contribution in [0.25, 0.3) is 0 Å². The quantitative estimate of drug-likeness (QED) is 0.0945. The monoisotopic (exact) mass is 941 g/mol. The Morgan fingerprint density at radius 1 is 0.429 bits per heavy atom. The van der Waals surface area contributed by atoms with Crippen LogP contribution in [0.3, 0.4) is 0 Å². The van der Waals surface area contributed by atoms with Crippen molar-refractivity contribution in [2.45, 2.75) is 79.6 Å². The predicted octanol–water partition coefficient (Wildman–Crippen LogP) is 2.90. The minimum Gasteiger partial charge on any atom is -1.00 e. The first-order valence-corrected chi connectivity index (χ1v) is 20.5. The van der Waals surface area contributed by atoms with Crippen LogP contribution < -0.4 is 52.2 Å². The molecule has 332 valence electrons. The second-order valence-electron chi connectivity index (χ2n) is 13.1. The van der Waals surface area contributed by atoms with Gasteiger partial charge in [-0.15, -0.1) is 0 Å². The smallest absolute Gasteiger partial charge is 1.00 e. The molecule has 0 amide bonds. The molecule has 0 saturated carbocycles. The Kier molecular flexibility index (Phi) is 26.0. The Labute approximate surface area is 398 Å². The maximum absolute atomic E-state index is 11.7. The van der Waals surface area contributed by atoms with E-state index in [1.807, 2.05) is 0 Å². The number of halogens is 7. The van der Waals surface area contributed by atoms with Gasteiger partial charge in [-0.25, -0.2) is 0 Å². The number of alkyl halides is 6. The van der Waals surface area contributed by atoms with E-state index in [0.717, 1.165) is 0 Å². The van der Waals surface area contributed by atoms with Crippen molar-refractivity contribution in [1.82, 2.24) is 0 Å². The van der Waals surface area contributed by atoms with Crippen LogP contribution in [0.4, 0.5) is 26.3 Å². The van der Waals surface area contributed by atoms with E-state index < -0.39 is 48.3 Å². The Morgan fingerprint density at radius 3 is 0.667 bits per heavy atom.